The van der Waals surface area contributed by atoms with E-state index in [0.29, 0.717) is 32.5 Å². The first-order chi connectivity index (χ1) is 15.2. The average Bonchev–Trinajstić information content (AvgIpc) is 3.13. The average molecular weight is 479 g/mol. The third-order valence-electron chi connectivity index (χ3n) is 5.54. The lowest BCUT2D eigenvalue weighted by atomic mass is 9.89. The summed E-state index contributed by atoms with van der Waals surface area (Å²) >= 11 is 5.83. The van der Waals surface area contributed by atoms with Crippen molar-refractivity contribution in [2.24, 2.45) is 4.99 Å². The number of aromatic nitrogens is 2. The number of carbonyl (C=O) groups excluding carboxylic acids is 1. The summed E-state index contributed by atoms with van der Waals surface area (Å²) in [4.78, 5) is 24.5. The molecular formula is C19H23ClN8O3S. The summed E-state index contributed by atoms with van der Waals surface area (Å²) in [5.41, 5.74) is 11.4. The highest BCUT2D eigenvalue weighted by Crippen LogP contribution is 2.28. The van der Waals surface area contributed by atoms with Crippen LogP contribution in [0.2, 0.25) is 5.15 Å². The number of hydrogen-bond acceptors (Lipinski definition) is 9. The van der Waals surface area contributed by atoms with E-state index < -0.39 is 21.5 Å². The zero-order valence-electron chi connectivity index (χ0n) is 17.1. The number of nitrogens with one attached hydrogen (secondary N) is 2. The first-order valence-electron chi connectivity index (χ1n) is 9.92. The normalized spacial score (nSPS) is 18.2. The topological polar surface area (TPSA) is 169 Å². The number of anilines is 2. The smallest absolute Gasteiger partial charge is 0.280 e. The Morgan fingerprint density at radius 2 is 1.84 bits per heavy atom. The maximum atomic E-state index is 12.8. The molecule has 6 N–H and O–H groups in total. The number of piperidine rings is 1. The zero-order valence-corrected chi connectivity index (χ0v) is 18.7. The first kappa shape index (κ1) is 22.2. The number of guanidine groups is 1. The fourth-order valence-electron chi connectivity index (χ4n) is 3.76. The summed E-state index contributed by atoms with van der Waals surface area (Å²) in [6, 6.07) is 9.10. The Morgan fingerprint density at radius 1 is 1.16 bits per heavy atom. The van der Waals surface area contributed by atoms with E-state index in [4.69, 9.17) is 23.1 Å². The minimum Gasteiger partial charge on any atom is -0.382 e. The number of aliphatic imine (C=N–C) groups is 1. The number of carbonyl (C=O) groups is 1. The van der Waals surface area contributed by atoms with Crippen molar-refractivity contribution < 1.29 is 13.2 Å². The van der Waals surface area contributed by atoms with Gasteiger partial charge in [-0.05, 0) is 18.4 Å². The molecule has 13 heteroatoms. The second kappa shape index (κ2) is 8.52. The lowest BCUT2D eigenvalue weighted by molar-refractivity contribution is 0.0971. The molecule has 0 aliphatic carbocycles. The molecule has 2 aliphatic heterocycles. The number of nitrogens with zero attached hydrogens (tertiary/aromatic N) is 4. The van der Waals surface area contributed by atoms with Crippen LogP contribution < -0.4 is 22.1 Å². The predicted molar refractivity (Wildman–Crippen MR) is 121 cm³/mol. The molecule has 1 aromatic heterocycles. The third-order valence-corrected chi connectivity index (χ3v) is 7.67. The van der Waals surface area contributed by atoms with Gasteiger partial charge < -0.3 is 16.8 Å². The Morgan fingerprint density at radius 3 is 2.53 bits per heavy atom. The van der Waals surface area contributed by atoms with Gasteiger partial charge in [-0.3, -0.25) is 15.1 Å². The van der Waals surface area contributed by atoms with Gasteiger partial charge >= 0.3 is 0 Å². The van der Waals surface area contributed by atoms with E-state index in [1.54, 1.807) is 12.1 Å². The molecule has 2 aromatic rings. The van der Waals surface area contributed by atoms with E-state index in [2.05, 4.69) is 25.6 Å². The summed E-state index contributed by atoms with van der Waals surface area (Å²) in [6.45, 7) is 1.15. The van der Waals surface area contributed by atoms with Crippen LogP contribution >= 0.6 is 11.6 Å². The summed E-state index contributed by atoms with van der Waals surface area (Å²) in [5.74, 6) is -0.592. The Labute approximate surface area is 190 Å². The molecule has 0 atom stereocenters. The second-order valence-corrected chi connectivity index (χ2v) is 10.1. The number of halogens is 1. The van der Waals surface area contributed by atoms with Crippen LogP contribution in [0.5, 0.6) is 0 Å². The molecule has 1 amide bonds. The van der Waals surface area contributed by atoms with Crippen LogP contribution in [0, 0.1) is 0 Å². The monoisotopic (exact) mass is 478 g/mol. The largest absolute Gasteiger partial charge is 0.382 e. The van der Waals surface area contributed by atoms with Crippen LogP contribution in [0.25, 0.3) is 0 Å². The molecule has 1 spiro atoms. The van der Waals surface area contributed by atoms with Gasteiger partial charge in [-0.15, -0.1) is 0 Å². The van der Waals surface area contributed by atoms with Crippen molar-refractivity contribution >= 4 is 45.1 Å². The number of rotatable bonds is 4. The summed E-state index contributed by atoms with van der Waals surface area (Å²) in [7, 11) is -3.42. The van der Waals surface area contributed by atoms with Gasteiger partial charge in [0.05, 0.1) is 17.8 Å². The molecule has 1 fully saturated rings. The van der Waals surface area contributed by atoms with Crippen LogP contribution in [0.15, 0.2) is 35.3 Å². The maximum absolute atomic E-state index is 12.8. The molecule has 0 unspecified atom stereocenters. The predicted octanol–water partition coefficient (Wildman–Crippen LogP) is 0.348. The Hall–Kier alpha value is -2.96. The van der Waals surface area contributed by atoms with Gasteiger partial charge in [-0.1, -0.05) is 41.9 Å². The summed E-state index contributed by atoms with van der Waals surface area (Å²) in [6.07, 6.45) is 1.11. The van der Waals surface area contributed by atoms with Crippen molar-refractivity contribution in [3.8, 4) is 0 Å². The van der Waals surface area contributed by atoms with Crippen LogP contribution in [-0.4, -0.2) is 59.7 Å². The van der Waals surface area contributed by atoms with Crippen molar-refractivity contribution in [3.05, 3.63) is 46.7 Å². The molecule has 3 heterocycles. The lowest BCUT2D eigenvalue weighted by Crippen LogP contribution is -2.57. The van der Waals surface area contributed by atoms with Crippen molar-refractivity contribution in [3.63, 3.8) is 0 Å². The summed E-state index contributed by atoms with van der Waals surface area (Å²) < 4.78 is 27.1. The van der Waals surface area contributed by atoms with Crippen LogP contribution in [0.1, 0.15) is 28.9 Å². The van der Waals surface area contributed by atoms with E-state index in [0.717, 1.165) is 5.56 Å². The van der Waals surface area contributed by atoms with Crippen molar-refractivity contribution in [2.75, 3.05) is 31.1 Å². The highest BCUT2D eigenvalue weighted by molar-refractivity contribution is 7.88. The van der Waals surface area contributed by atoms with Gasteiger partial charge in [-0.25, -0.2) is 22.7 Å². The van der Waals surface area contributed by atoms with E-state index >= 15 is 0 Å². The molecule has 170 valence electrons. The maximum Gasteiger partial charge on any atom is 0.280 e. The third kappa shape index (κ3) is 4.61. The quantitative estimate of drug-likeness (QED) is 0.487. The highest BCUT2D eigenvalue weighted by Gasteiger charge is 2.41. The van der Waals surface area contributed by atoms with E-state index in [9.17, 15) is 13.2 Å². The minimum absolute atomic E-state index is 0.0291. The van der Waals surface area contributed by atoms with Gasteiger partial charge in [0.1, 0.15) is 0 Å². The Bertz CT molecular complexity index is 1160. The lowest BCUT2D eigenvalue weighted by Gasteiger charge is -2.38. The second-order valence-electron chi connectivity index (χ2n) is 7.80. The van der Waals surface area contributed by atoms with Gasteiger partial charge in [0.2, 0.25) is 10.0 Å². The number of nitrogens with two attached hydrogens (primary N) is 2. The number of amides is 1. The first-order valence-corrected chi connectivity index (χ1v) is 11.9. The minimum atomic E-state index is -3.42. The molecule has 1 saturated heterocycles. The van der Waals surface area contributed by atoms with Crippen molar-refractivity contribution in [1.82, 2.24) is 24.9 Å². The van der Waals surface area contributed by atoms with Crippen LogP contribution in [-0.2, 0) is 15.8 Å². The molecule has 0 saturated carbocycles. The SMILES string of the molecule is Nc1nc(N)c(C(=O)NC2=NCC3(CCN(S(=O)(=O)Cc4ccccc4)CC3)N2)nc1Cl. The molecule has 4 rings (SSSR count). The van der Waals surface area contributed by atoms with Gasteiger partial charge in [0, 0.05) is 13.1 Å². The fraction of sp³-hybridized carbons (Fsp3) is 0.368. The van der Waals surface area contributed by atoms with E-state index in [-0.39, 0.29) is 34.2 Å². The van der Waals surface area contributed by atoms with Crippen molar-refractivity contribution in [2.45, 2.75) is 24.1 Å². The number of benzene rings is 1. The van der Waals surface area contributed by atoms with Crippen LogP contribution in [0.4, 0.5) is 11.6 Å². The van der Waals surface area contributed by atoms with E-state index in [1.165, 1.54) is 4.31 Å². The molecule has 11 nitrogen and oxygen atoms in total. The number of nitrogen functional groups attached to an aromatic ring is 2. The molecule has 2 aliphatic rings. The number of hydrogen-bond donors (Lipinski definition) is 4. The molecule has 32 heavy (non-hydrogen) atoms. The Balaban J connectivity index is 1.35. The Kier molecular flexibility index (Phi) is 5.93. The van der Waals surface area contributed by atoms with Gasteiger partial charge in [-0.2, -0.15) is 0 Å². The standard InChI is InChI=1S/C19H23ClN8O3S/c20-14-16(22)25-15(21)13(24-14)17(29)26-18-23-11-19(27-18)6-8-28(9-7-19)32(30,31)10-12-4-2-1-3-5-12/h1-5H,6-11H2,(H4,21,22,25)(H2,23,26,27,29). The molecule has 1 aromatic carbocycles. The highest BCUT2D eigenvalue weighted by atomic mass is 35.5. The van der Waals surface area contributed by atoms with Crippen LogP contribution in [0.3, 0.4) is 0 Å². The molecule has 0 bridgehead atoms. The van der Waals surface area contributed by atoms with Crippen molar-refractivity contribution in [1.29, 1.82) is 0 Å². The van der Waals surface area contributed by atoms with Gasteiger partial charge in [0.25, 0.3) is 5.91 Å². The summed E-state index contributed by atoms with van der Waals surface area (Å²) in [5, 5.41) is 5.72. The number of sulfonamides is 1. The molecular weight excluding hydrogens is 456 g/mol. The van der Waals surface area contributed by atoms with Gasteiger partial charge in [0.15, 0.2) is 28.4 Å². The molecule has 0 radical (unpaired) electrons. The van der Waals surface area contributed by atoms with E-state index in [1.807, 2.05) is 18.2 Å². The zero-order chi connectivity index (χ0) is 22.9. The fourth-order valence-corrected chi connectivity index (χ4v) is 5.42.